The van der Waals surface area contributed by atoms with Gasteiger partial charge in [0.25, 0.3) is 0 Å². The maximum atomic E-state index is 11.8. The molecule has 1 aromatic rings. The van der Waals surface area contributed by atoms with Gasteiger partial charge in [-0.1, -0.05) is 0 Å². The van der Waals surface area contributed by atoms with E-state index in [0.717, 1.165) is 25.7 Å². The fraction of sp³-hybridized carbons (Fsp3) is 0.786. The highest BCUT2D eigenvalue weighted by Gasteiger charge is 2.27. The summed E-state index contributed by atoms with van der Waals surface area (Å²) in [6, 6.07) is 2.37. The van der Waals surface area contributed by atoms with Crippen molar-refractivity contribution in [3.05, 3.63) is 23.7 Å². The van der Waals surface area contributed by atoms with Crippen LogP contribution < -0.4 is 0 Å². The summed E-state index contributed by atoms with van der Waals surface area (Å²) < 4.78 is 2.00. The summed E-state index contributed by atoms with van der Waals surface area (Å²) in [7, 11) is 1.70. The average molecular weight is 295 g/mol. The van der Waals surface area contributed by atoms with Gasteiger partial charge < -0.3 is 10.0 Å². The fourth-order valence-electron chi connectivity index (χ4n) is 2.33. The summed E-state index contributed by atoms with van der Waals surface area (Å²) in [4.78, 5) is 5.92. The zero-order chi connectivity index (χ0) is 15.5. The van der Waals surface area contributed by atoms with Gasteiger partial charge in [0.2, 0.25) is 5.28 Å². The van der Waals surface area contributed by atoms with Crippen molar-refractivity contribution in [2.24, 2.45) is 5.28 Å². The fourth-order valence-corrected chi connectivity index (χ4v) is 2.33. The summed E-state index contributed by atoms with van der Waals surface area (Å²) >= 11 is 0. The van der Waals surface area contributed by atoms with E-state index in [1.54, 1.807) is 13.2 Å². The zero-order valence-electron chi connectivity index (χ0n) is 13.3. The van der Waals surface area contributed by atoms with Crippen LogP contribution in [0.25, 0.3) is 0 Å². The zero-order valence-corrected chi connectivity index (χ0v) is 13.3. The highest BCUT2D eigenvalue weighted by molar-refractivity contribution is 4.84. The Morgan fingerprint density at radius 3 is 2.52 bits per heavy atom. The van der Waals surface area contributed by atoms with Gasteiger partial charge in [0, 0.05) is 12.4 Å². The molecular formula is C14H25N5O2. The first-order chi connectivity index (χ1) is 9.88. The van der Waals surface area contributed by atoms with E-state index in [9.17, 15) is 5.21 Å². The summed E-state index contributed by atoms with van der Waals surface area (Å²) in [5.74, 6) is 0. The number of nitrogens with zero attached hydrogens (tertiary/aromatic N) is 5. The number of aromatic nitrogens is 2. The Morgan fingerprint density at radius 2 is 2.00 bits per heavy atom. The van der Waals surface area contributed by atoms with Crippen LogP contribution in [0.4, 0.5) is 0 Å². The Morgan fingerprint density at radius 1 is 1.33 bits per heavy atom. The minimum absolute atomic E-state index is 0.0154. The summed E-state index contributed by atoms with van der Waals surface area (Å²) in [5, 5.41) is 21.3. The Kier molecular flexibility index (Phi) is 4.69. The van der Waals surface area contributed by atoms with Gasteiger partial charge in [-0.15, -0.1) is 5.01 Å². The molecule has 1 heterocycles. The van der Waals surface area contributed by atoms with Crippen molar-refractivity contribution >= 4 is 0 Å². The van der Waals surface area contributed by atoms with E-state index in [-0.39, 0.29) is 11.6 Å². The van der Waals surface area contributed by atoms with Crippen molar-refractivity contribution in [2.75, 3.05) is 7.05 Å². The van der Waals surface area contributed by atoms with Crippen LogP contribution in [0.3, 0.4) is 0 Å². The number of hydrogen-bond donors (Lipinski definition) is 0. The molecule has 7 heteroatoms. The average Bonchev–Trinajstić information content (AvgIpc) is 2.97. The lowest BCUT2D eigenvalue weighted by molar-refractivity contribution is -0.720. The van der Waals surface area contributed by atoms with Crippen LogP contribution in [0, 0.1) is 5.21 Å². The molecule has 7 nitrogen and oxygen atoms in total. The molecule has 21 heavy (non-hydrogen) atoms. The van der Waals surface area contributed by atoms with Crippen molar-refractivity contribution in [1.29, 1.82) is 0 Å². The second-order valence-corrected chi connectivity index (χ2v) is 6.55. The summed E-state index contributed by atoms with van der Waals surface area (Å²) in [6.07, 6.45) is 7.58. The topological polar surface area (TPSA) is 68.7 Å². The van der Waals surface area contributed by atoms with Crippen LogP contribution in [0.5, 0.6) is 0 Å². The molecule has 1 aromatic heterocycles. The molecule has 0 spiro atoms. The van der Waals surface area contributed by atoms with E-state index < -0.39 is 0 Å². The molecule has 0 N–H and O–H groups in total. The largest absolute Gasteiger partial charge is 0.569 e. The van der Waals surface area contributed by atoms with Gasteiger partial charge >= 0.3 is 0 Å². The van der Waals surface area contributed by atoms with Crippen molar-refractivity contribution in [2.45, 2.75) is 64.1 Å². The molecule has 0 radical (unpaired) electrons. The molecule has 0 amide bonds. The Bertz CT molecular complexity index is 458. The van der Waals surface area contributed by atoms with Gasteiger partial charge in [-0.25, -0.2) is 0 Å². The standard InChI is InChI=1S/C14H25N5O2/c1-14(2,3)17(4)19(20)16-21-13-8-6-12(7-9-13)18-11-5-10-15-18/h5,10-13H,6-9H2,1-4H3/b19-16-/t12-,13-. The first-order valence-electron chi connectivity index (χ1n) is 7.45. The van der Waals surface area contributed by atoms with Crippen molar-refractivity contribution in [3.8, 4) is 0 Å². The monoisotopic (exact) mass is 295 g/mol. The molecule has 1 fully saturated rings. The van der Waals surface area contributed by atoms with E-state index >= 15 is 0 Å². The van der Waals surface area contributed by atoms with Gasteiger partial charge in [0.15, 0.2) is 0 Å². The van der Waals surface area contributed by atoms with E-state index in [1.807, 2.05) is 37.7 Å². The van der Waals surface area contributed by atoms with E-state index in [1.165, 1.54) is 5.01 Å². The van der Waals surface area contributed by atoms with Crippen molar-refractivity contribution < 1.29 is 9.81 Å². The molecule has 0 aromatic carbocycles. The molecular weight excluding hydrogens is 270 g/mol. The third kappa shape index (κ3) is 4.09. The van der Waals surface area contributed by atoms with Crippen LogP contribution in [-0.4, -0.2) is 38.4 Å². The molecule has 1 aliphatic carbocycles. The predicted molar refractivity (Wildman–Crippen MR) is 78.2 cm³/mol. The van der Waals surface area contributed by atoms with Gasteiger partial charge in [0.05, 0.1) is 23.6 Å². The highest BCUT2D eigenvalue weighted by atomic mass is 16.7. The molecule has 0 atom stereocenters. The third-order valence-electron chi connectivity index (χ3n) is 4.04. The lowest BCUT2D eigenvalue weighted by atomic mass is 9.93. The normalized spacial score (nSPS) is 23.9. The van der Waals surface area contributed by atoms with E-state index in [4.69, 9.17) is 4.84 Å². The summed E-state index contributed by atoms with van der Waals surface area (Å²) in [6.45, 7) is 5.84. The molecule has 1 aliphatic rings. The minimum Gasteiger partial charge on any atom is -0.569 e. The summed E-state index contributed by atoms with van der Waals surface area (Å²) in [5.41, 5.74) is -0.285. The minimum atomic E-state index is -0.285. The maximum absolute atomic E-state index is 11.8. The molecule has 0 aliphatic heterocycles. The number of hydrogen-bond acceptors (Lipinski definition) is 4. The smallest absolute Gasteiger partial charge is 0.233 e. The lowest BCUT2D eigenvalue weighted by Crippen LogP contribution is -2.42. The van der Waals surface area contributed by atoms with E-state index in [0.29, 0.717) is 11.0 Å². The van der Waals surface area contributed by atoms with Crippen LogP contribution >= 0.6 is 0 Å². The predicted octanol–water partition coefficient (Wildman–Crippen LogP) is 2.91. The third-order valence-corrected chi connectivity index (χ3v) is 4.04. The molecule has 0 unspecified atom stereocenters. The van der Waals surface area contributed by atoms with Gasteiger partial charge in [0.1, 0.15) is 6.10 Å². The van der Waals surface area contributed by atoms with Crippen molar-refractivity contribution in [3.63, 3.8) is 0 Å². The molecule has 1 saturated carbocycles. The molecule has 2 rings (SSSR count). The maximum Gasteiger partial charge on any atom is 0.233 e. The Labute approximate surface area is 125 Å². The highest BCUT2D eigenvalue weighted by Crippen LogP contribution is 2.29. The van der Waals surface area contributed by atoms with E-state index in [2.05, 4.69) is 10.4 Å². The van der Waals surface area contributed by atoms with Crippen LogP contribution in [0.15, 0.2) is 23.7 Å². The second-order valence-electron chi connectivity index (χ2n) is 6.55. The molecule has 0 saturated heterocycles. The number of hydrazine groups is 1. The van der Waals surface area contributed by atoms with Gasteiger partial charge in [-0.05, 0) is 52.5 Å². The lowest BCUT2D eigenvalue weighted by Gasteiger charge is -2.28. The molecule has 0 bridgehead atoms. The SMILES string of the molecule is CN(/[N+]([O-])=N/O[C@H]1CC[C@H](n2cccn2)CC1)C(C)(C)C. The number of rotatable bonds is 4. The van der Waals surface area contributed by atoms with Gasteiger partial charge in [-0.3, -0.25) is 4.68 Å². The first kappa shape index (κ1) is 15.6. The Hall–Kier alpha value is -1.79. The quantitative estimate of drug-likeness (QED) is 0.486. The van der Waals surface area contributed by atoms with Crippen LogP contribution in [0.2, 0.25) is 0 Å². The second kappa shape index (κ2) is 6.32. The first-order valence-corrected chi connectivity index (χ1v) is 7.45. The van der Waals surface area contributed by atoms with Crippen molar-refractivity contribution in [1.82, 2.24) is 14.8 Å². The van der Waals surface area contributed by atoms with Crippen LogP contribution in [0.1, 0.15) is 52.5 Å². The molecule has 118 valence electrons. The van der Waals surface area contributed by atoms with Crippen LogP contribution in [-0.2, 0) is 4.84 Å². The Balaban J connectivity index is 1.81. The van der Waals surface area contributed by atoms with Gasteiger partial charge in [-0.2, -0.15) is 5.10 Å².